The summed E-state index contributed by atoms with van der Waals surface area (Å²) < 4.78 is 0. The maximum absolute atomic E-state index is 11.3. The van der Waals surface area contributed by atoms with E-state index in [2.05, 4.69) is 5.32 Å². The van der Waals surface area contributed by atoms with Gasteiger partial charge in [-0.2, -0.15) is 0 Å². The molecule has 1 aromatic rings. The molecule has 1 heterocycles. The Labute approximate surface area is 109 Å². The van der Waals surface area contributed by atoms with Gasteiger partial charge < -0.3 is 4.90 Å². The summed E-state index contributed by atoms with van der Waals surface area (Å²) in [5.74, 6) is -0.813. The zero-order valence-electron chi connectivity index (χ0n) is 9.70. The first-order valence-corrected chi connectivity index (χ1v) is 5.73. The summed E-state index contributed by atoms with van der Waals surface area (Å²) in [5, 5.41) is 2.56. The number of halogens is 1. The van der Waals surface area contributed by atoms with Crippen LogP contribution in [0.1, 0.15) is 17.3 Å². The summed E-state index contributed by atoms with van der Waals surface area (Å²) >= 11 is 6.07. The van der Waals surface area contributed by atoms with Gasteiger partial charge in [0.25, 0.3) is 0 Å². The number of hydrogen-bond donors (Lipinski definition) is 1. The highest BCUT2D eigenvalue weighted by molar-refractivity contribution is 6.33. The molecule has 1 N–H and O–H groups in total. The van der Waals surface area contributed by atoms with E-state index in [1.807, 2.05) is 0 Å². The smallest absolute Gasteiger partial charge is 0.246 e. The molecule has 1 fully saturated rings. The summed E-state index contributed by atoms with van der Waals surface area (Å²) in [6, 6.07) is 4.81. The van der Waals surface area contributed by atoms with Crippen LogP contribution in [0.3, 0.4) is 0 Å². The first kappa shape index (κ1) is 12.6. The number of hydrogen-bond acceptors (Lipinski definition) is 4. The van der Waals surface area contributed by atoms with Crippen molar-refractivity contribution >= 4 is 34.9 Å². The number of nitrogens with one attached hydrogen (secondary N) is 1. The number of amides is 2. The van der Waals surface area contributed by atoms with Crippen LogP contribution in [-0.4, -0.2) is 30.7 Å². The van der Waals surface area contributed by atoms with Gasteiger partial charge in [-0.05, 0) is 25.1 Å². The Hall–Kier alpha value is -1.88. The fraction of sp³-hybridized carbons (Fsp3) is 0.250. The van der Waals surface area contributed by atoms with E-state index >= 15 is 0 Å². The van der Waals surface area contributed by atoms with Crippen molar-refractivity contribution in [1.29, 1.82) is 0 Å². The lowest BCUT2D eigenvalue weighted by Crippen LogP contribution is -2.51. The summed E-state index contributed by atoms with van der Waals surface area (Å²) in [5.41, 5.74) is 1.07. The summed E-state index contributed by atoms with van der Waals surface area (Å²) in [7, 11) is 0. The number of ketones is 1. The summed E-state index contributed by atoms with van der Waals surface area (Å²) in [6.45, 7) is 1.60. The summed E-state index contributed by atoms with van der Waals surface area (Å²) in [4.78, 5) is 35.3. The number of anilines is 1. The average Bonchev–Trinajstić information content (AvgIpc) is 2.27. The van der Waals surface area contributed by atoms with Crippen molar-refractivity contribution in [1.82, 2.24) is 5.32 Å². The quantitative estimate of drug-likeness (QED) is 0.641. The van der Waals surface area contributed by atoms with Gasteiger partial charge in [0.2, 0.25) is 11.8 Å². The van der Waals surface area contributed by atoms with E-state index < -0.39 is 0 Å². The molecule has 0 atom stereocenters. The SMILES string of the molecule is CC(=O)c1ccc(N2CC(=O)NC(=O)C2)c(Cl)c1. The Bertz CT molecular complexity index is 526. The van der Waals surface area contributed by atoms with E-state index in [-0.39, 0.29) is 30.7 Å². The molecule has 0 radical (unpaired) electrons. The standard InChI is InChI=1S/C12H11ClN2O3/c1-7(16)8-2-3-10(9(13)4-8)15-5-11(17)14-12(18)6-15/h2-4H,5-6H2,1H3,(H,14,17,18). The predicted molar refractivity (Wildman–Crippen MR) is 66.8 cm³/mol. The normalized spacial score (nSPS) is 15.6. The molecule has 0 spiro atoms. The van der Waals surface area contributed by atoms with E-state index in [0.29, 0.717) is 16.3 Å². The number of carbonyl (C=O) groups is 3. The first-order valence-electron chi connectivity index (χ1n) is 5.35. The molecule has 0 saturated carbocycles. The topological polar surface area (TPSA) is 66.5 Å². The van der Waals surface area contributed by atoms with Gasteiger partial charge in [0, 0.05) is 5.56 Å². The molecular formula is C12H11ClN2O3. The van der Waals surface area contributed by atoms with Crippen molar-refractivity contribution in [3.05, 3.63) is 28.8 Å². The van der Waals surface area contributed by atoms with Gasteiger partial charge in [-0.15, -0.1) is 0 Å². The van der Waals surface area contributed by atoms with Gasteiger partial charge in [0.15, 0.2) is 5.78 Å². The van der Waals surface area contributed by atoms with Crippen molar-refractivity contribution in [2.45, 2.75) is 6.92 Å². The first-order chi connectivity index (χ1) is 8.47. The lowest BCUT2D eigenvalue weighted by molar-refractivity contribution is -0.130. The van der Waals surface area contributed by atoms with E-state index in [9.17, 15) is 14.4 Å². The second kappa shape index (κ2) is 4.78. The second-order valence-corrected chi connectivity index (χ2v) is 4.46. The Morgan fingerprint density at radius 2 is 1.89 bits per heavy atom. The molecular weight excluding hydrogens is 256 g/mol. The lowest BCUT2D eigenvalue weighted by atomic mass is 10.1. The van der Waals surface area contributed by atoms with Crippen LogP contribution in [0.4, 0.5) is 5.69 Å². The number of benzene rings is 1. The van der Waals surface area contributed by atoms with Crippen molar-refractivity contribution < 1.29 is 14.4 Å². The molecule has 94 valence electrons. The average molecular weight is 267 g/mol. The monoisotopic (exact) mass is 266 g/mol. The molecule has 1 aliphatic heterocycles. The third kappa shape index (κ3) is 2.51. The highest BCUT2D eigenvalue weighted by atomic mass is 35.5. The van der Waals surface area contributed by atoms with Crippen LogP contribution in [0.15, 0.2) is 18.2 Å². The Morgan fingerprint density at radius 3 is 2.39 bits per heavy atom. The number of imide groups is 1. The molecule has 2 rings (SSSR count). The van der Waals surface area contributed by atoms with Gasteiger partial charge >= 0.3 is 0 Å². The Morgan fingerprint density at radius 1 is 1.28 bits per heavy atom. The van der Waals surface area contributed by atoms with Crippen molar-refractivity contribution in [2.24, 2.45) is 0 Å². The minimum Gasteiger partial charge on any atom is -0.352 e. The minimum atomic E-state index is -0.363. The fourth-order valence-electron chi connectivity index (χ4n) is 1.79. The Balaban J connectivity index is 2.31. The fourth-order valence-corrected chi connectivity index (χ4v) is 2.09. The number of piperazine rings is 1. The van der Waals surface area contributed by atoms with E-state index in [4.69, 9.17) is 11.6 Å². The molecule has 1 aliphatic rings. The van der Waals surface area contributed by atoms with Crippen LogP contribution in [0.5, 0.6) is 0 Å². The zero-order chi connectivity index (χ0) is 13.3. The summed E-state index contributed by atoms with van der Waals surface area (Å²) in [6.07, 6.45) is 0. The molecule has 5 nitrogen and oxygen atoms in total. The minimum absolute atomic E-state index is 0.0743. The van der Waals surface area contributed by atoms with E-state index in [0.717, 1.165) is 0 Å². The van der Waals surface area contributed by atoms with Crippen LogP contribution in [-0.2, 0) is 9.59 Å². The van der Waals surface area contributed by atoms with Gasteiger partial charge in [0.05, 0.1) is 23.8 Å². The van der Waals surface area contributed by atoms with Crippen LogP contribution >= 0.6 is 11.6 Å². The van der Waals surface area contributed by atoms with Gasteiger partial charge in [0.1, 0.15) is 0 Å². The molecule has 18 heavy (non-hydrogen) atoms. The Kier molecular flexibility index (Phi) is 3.34. The number of Topliss-reactive ketones (excluding diaryl/α,β-unsaturated/α-hetero) is 1. The zero-order valence-corrected chi connectivity index (χ0v) is 10.5. The number of carbonyl (C=O) groups excluding carboxylic acids is 3. The highest BCUT2D eigenvalue weighted by Crippen LogP contribution is 2.27. The molecule has 0 aliphatic carbocycles. The maximum Gasteiger partial charge on any atom is 0.246 e. The van der Waals surface area contributed by atoms with Crippen molar-refractivity contribution in [2.75, 3.05) is 18.0 Å². The number of rotatable bonds is 2. The molecule has 0 unspecified atom stereocenters. The molecule has 0 aromatic heterocycles. The van der Waals surface area contributed by atoms with E-state index in [1.54, 1.807) is 17.0 Å². The highest BCUT2D eigenvalue weighted by Gasteiger charge is 2.24. The largest absolute Gasteiger partial charge is 0.352 e. The molecule has 1 saturated heterocycles. The van der Waals surface area contributed by atoms with Gasteiger partial charge in [-0.1, -0.05) is 11.6 Å². The van der Waals surface area contributed by atoms with Gasteiger partial charge in [-0.3, -0.25) is 19.7 Å². The van der Waals surface area contributed by atoms with E-state index in [1.165, 1.54) is 13.0 Å². The number of nitrogens with zero attached hydrogens (tertiary/aromatic N) is 1. The third-order valence-corrected chi connectivity index (χ3v) is 2.95. The molecule has 1 aromatic carbocycles. The molecule has 2 amide bonds. The van der Waals surface area contributed by atoms with Gasteiger partial charge in [-0.25, -0.2) is 0 Å². The lowest BCUT2D eigenvalue weighted by Gasteiger charge is -2.28. The van der Waals surface area contributed by atoms with Crippen molar-refractivity contribution in [3.63, 3.8) is 0 Å². The maximum atomic E-state index is 11.3. The van der Waals surface area contributed by atoms with Crippen LogP contribution in [0, 0.1) is 0 Å². The second-order valence-electron chi connectivity index (χ2n) is 4.05. The molecule has 0 bridgehead atoms. The van der Waals surface area contributed by atoms with Crippen LogP contribution in [0.25, 0.3) is 0 Å². The van der Waals surface area contributed by atoms with Crippen molar-refractivity contribution in [3.8, 4) is 0 Å². The molecule has 6 heteroatoms. The third-order valence-electron chi connectivity index (χ3n) is 2.64. The predicted octanol–water partition coefficient (Wildman–Crippen LogP) is 1.01. The van der Waals surface area contributed by atoms with Crippen LogP contribution in [0.2, 0.25) is 5.02 Å². The van der Waals surface area contributed by atoms with Crippen LogP contribution < -0.4 is 10.2 Å².